The van der Waals surface area contributed by atoms with Crippen molar-refractivity contribution in [3.05, 3.63) is 59.7 Å². The van der Waals surface area contributed by atoms with Crippen molar-refractivity contribution in [1.82, 2.24) is 5.32 Å². The largest absolute Gasteiger partial charge is 0.417 e. The molecule has 1 fully saturated rings. The number of carbonyl (C=O) groups excluding carboxylic acids is 1. The van der Waals surface area contributed by atoms with Gasteiger partial charge in [0.15, 0.2) is 0 Å². The number of hydrogen-bond acceptors (Lipinski definition) is 3. The molecular formula is C21H18F3NO3. The zero-order chi connectivity index (χ0) is 20.3. The van der Waals surface area contributed by atoms with Gasteiger partial charge in [0.05, 0.1) is 17.8 Å². The van der Waals surface area contributed by atoms with Crippen LogP contribution in [-0.2, 0) is 11.0 Å². The summed E-state index contributed by atoms with van der Waals surface area (Å²) in [6.45, 7) is 0. The highest BCUT2D eigenvalue weighted by atomic mass is 19.4. The SMILES string of the molecule is O=C(C#Cc1ccc(-c2ccccc2)c(C(F)(F)F)c1)N[C@H]1C[C@@H](O)[C@@H](O)C1. The Balaban J connectivity index is 1.80. The van der Waals surface area contributed by atoms with E-state index in [1.807, 2.05) is 0 Å². The van der Waals surface area contributed by atoms with Gasteiger partial charge in [0, 0.05) is 17.5 Å². The summed E-state index contributed by atoms with van der Waals surface area (Å²) in [5, 5.41) is 21.5. The summed E-state index contributed by atoms with van der Waals surface area (Å²) in [5.41, 5.74) is -0.288. The lowest BCUT2D eigenvalue weighted by Crippen LogP contribution is -2.32. The zero-order valence-corrected chi connectivity index (χ0v) is 14.7. The van der Waals surface area contributed by atoms with E-state index in [2.05, 4.69) is 17.2 Å². The molecule has 0 aliphatic heterocycles. The van der Waals surface area contributed by atoms with Crippen LogP contribution in [0.25, 0.3) is 11.1 Å². The molecule has 3 rings (SSSR count). The number of hydrogen-bond donors (Lipinski definition) is 3. The Labute approximate surface area is 160 Å². The van der Waals surface area contributed by atoms with E-state index < -0.39 is 35.9 Å². The van der Waals surface area contributed by atoms with Crippen molar-refractivity contribution >= 4 is 5.91 Å². The Morgan fingerprint density at radius 3 is 2.29 bits per heavy atom. The molecule has 0 saturated heterocycles. The smallest absolute Gasteiger partial charge is 0.390 e. The number of halogens is 3. The summed E-state index contributed by atoms with van der Waals surface area (Å²) >= 11 is 0. The molecular weight excluding hydrogens is 371 g/mol. The molecule has 28 heavy (non-hydrogen) atoms. The van der Waals surface area contributed by atoms with Crippen LogP contribution in [0.5, 0.6) is 0 Å². The van der Waals surface area contributed by atoms with Crippen molar-refractivity contribution in [2.75, 3.05) is 0 Å². The predicted molar refractivity (Wildman–Crippen MR) is 96.9 cm³/mol. The van der Waals surface area contributed by atoms with Crippen molar-refractivity contribution in [2.45, 2.75) is 37.3 Å². The van der Waals surface area contributed by atoms with Gasteiger partial charge in [0.2, 0.25) is 0 Å². The summed E-state index contributed by atoms with van der Waals surface area (Å²) < 4.78 is 40.4. The van der Waals surface area contributed by atoms with Crippen LogP contribution in [-0.4, -0.2) is 34.4 Å². The highest BCUT2D eigenvalue weighted by molar-refractivity contribution is 5.94. The Hall–Kier alpha value is -2.82. The molecule has 0 heterocycles. The topological polar surface area (TPSA) is 69.6 Å². The third-order valence-electron chi connectivity index (χ3n) is 4.56. The third kappa shape index (κ3) is 4.71. The zero-order valence-electron chi connectivity index (χ0n) is 14.7. The fourth-order valence-corrected chi connectivity index (χ4v) is 3.19. The molecule has 1 amide bonds. The summed E-state index contributed by atoms with van der Waals surface area (Å²) in [6.07, 6.45) is -5.96. The van der Waals surface area contributed by atoms with Crippen molar-refractivity contribution in [3.8, 4) is 23.0 Å². The molecule has 1 aliphatic rings. The van der Waals surface area contributed by atoms with E-state index in [9.17, 15) is 28.2 Å². The van der Waals surface area contributed by atoms with Crippen molar-refractivity contribution in [1.29, 1.82) is 0 Å². The maximum atomic E-state index is 13.5. The van der Waals surface area contributed by atoms with E-state index in [4.69, 9.17) is 0 Å². The van der Waals surface area contributed by atoms with Crippen LogP contribution < -0.4 is 5.32 Å². The molecule has 2 aromatic rings. The van der Waals surface area contributed by atoms with Crippen molar-refractivity contribution in [3.63, 3.8) is 0 Å². The second-order valence-electron chi connectivity index (χ2n) is 6.65. The van der Waals surface area contributed by atoms with Gasteiger partial charge in [-0.3, -0.25) is 4.79 Å². The highest BCUT2D eigenvalue weighted by Gasteiger charge is 2.34. The van der Waals surface area contributed by atoms with Crippen LogP contribution in [0.2, 0.25) is 0 Å². The van der Waals surface area contributed by atoms with E-state index in [1.165, 1.54) is 12.1 Å². The van der Waals surface area contributed by atoms with E-state index in [1.54, 1.807) is 30.3 Å². The molecule has 0 aromatic heterocycles. The van der Waals surface area contributed by atoms with Crippen molar-refractivity contribution < 1.29 is 28.2 Å². The standard InChI is InChI=1S/C21H18F3NO3/c22-21(23,24)17-10-13(6-8-16(17)14-4-2-1-3-5-14)7-9-20(28)25-15-11-18(26)19(27)12-15/h1-6,8,10,15,18-19,26-27H,11-12H2,(H,25,28)/t15-,18+,19-. The first kappa shape index (κ1) is 19.9. The van der Waals surface area contributed by atoms with Crippen LogP contribution in [0, 0.1) is 11.8 Å². The maximum Gasteiger partial charge on any atom is 0.417 e. The number of benzene rings is 2. The van der Waals surface area contributed by atoms with Gasteiger partial charge in [-0.15, -0.1) is 0 Å². The van der Waals surface area contributed by atoms with Crippen LogP contribution >= 0.6 is 0 Å². The Morgan fingerprint density at radius 2 is 1.68 bits per heavy atom. The van der Waals surface area contributed by atoms with Crippen LogP contribution in [0.1, 0.15) is 24.0 Å². The van der Waals surface area contributed by atoms with Gasteiger partial charge >= 0.3 is 6.18 Å². The lowest BCUT2D eigenvalue weighted by Gasteiger charge is -2.13. The highest BCUT2D eigenvalue weighted by Crippen LogP contribution is 2.37. The van der Waals surface area contributed by atoms with Crippen LogP contribution in [0.3, 0.4) is 0 Å². The first-order valence-corrected chi connectivity index (χ1v) is 8.69. The van der Waals surface area contributed by atoms with Crippen LogP contribution in [0.15, 0.2) is 48.5 Å². The fourth-order valence-electron chi connectivity index (χ4n) is 3.19. The third-order valence-corrected chi connectivity index (χ3v) is 4.56. The van der Waals surface area contributed by atoms with Gasteiger partial charge in [-0.1, -0.05) is 42.3 Å². The molecule has 1 saturated carbocycles. The second-order valence-corrected chi connectivity index (χ2v) is 6.65. The quantitative estimate of drug-likeness (QED) is 0.692. The number of aliphatic hydroxyl groups excluding tert-OH is 2. The molecule has 7 heteroatoms. The van der Waals surface area contributed by atoms with E-state index in [0.717, 1.165) is 6.07 Å². The normalized spacial score (nSPS) is 21.7. The minimum atomic E-state index is -4.57. The molecule has 146 valence electrons. The molecule has 4 nitrogen and oxygen atoms in total. The van der Waals surface area contributed by atoms with Gasteiger partial charge in [0.25, 0.3) is 5.91 Å². The minimum absolute atomic E-state index is 0.0389. The summed E-state index contributed by atoms with van der Waals surface area (Å²) in [4.78, 5) is 11.9. The lowest BCUT2D eigenvalue weighted by atomic mass is 9.97. The van der Waals surface area contributed by atoms with Crippen LogP contribution in [0.4, 0.5) is 13.2 Å². The Morgan fingerprint density at radius 1 is 1.04 bits per heavy atom. The van der Waals surface area contributed by atoms with Gasteiger partial charge in [-0.2, -0.15) is 13.2 Å². The minimum Gasteiger partial charge on any atom is -0.390 e. The second kappa shape index (κ2) is 8.05. The molecule has 3 atom stereocenters. The number of carbonyl (C=O) groups is 1. The molecule has 0 bridgehead atoms. The van der Waals surface area contributed by atoms with Gasteiger partial charge in [0.1, 0.15) is 0 Å². The maximum absolute atomic E-state index is 13.5. The van der Waals surface area contributed by atoms with E-state index >= 15 is 0 Å². The van der Waals surface area contributed by atoms with E-state index in [-0.39, 0.29) is 24.0 Å². The molecule has 2 aromatic carbocycles. The Kier molecular flexibility index (Phi) is 5.73. The summed E-state index contributed by atoms with van der Waals surface area (Å²) in [6, 6.07) is 11.5. The number of rotatable bonds is 2. The Bertz CT molecular complexity index is 906. The van der Waals surface area contributed by atoms with Crippen molar-refractivity contribution in [2.24, 2.45) is 0 Å². The summed E-state index contributed by atoms with van der Waals surface area (Å²) in [5.74, 6) is 4.03. The van der Waals surface area contributed by atoms with Gasteiger partial charge < -0.3 is 15.5 Å². The summed E-state index contributed by atoms with van der Waals surface area (Å²) in [7, 11) is 0. The average Bonchev–Trinajstić information content (AvgIpc) is 2.97. The molecule has 0 radical (unpaired) electrons. The molecule has 1 aliphatic carbocycles. The molecule has 0 unspecified atom stereocenters. The number of alkyl halides is 3. The number of nitrogens with one attached hydrogen (secondary N) is 1. The average molecular weight is 389 g/mol. The fraction of sp³-hybridized carbons (Fsp3) is 0.286. The molecule has 3 N–H and O–H groups in total. The lowest BCUT2D eigenvalue weighted by molar-refractivity contribution is -0.137. The first-order chi connectivity index (χ1) is 13.2. The first-order valence-electron chi connectivity index (χ1n) is 8.69. The predicted octanol–water partition coefficient (Wildman–Crippen LogP) is 2.72. The van der Waals surface area contributed by atoms with Gasteiger partial charge in [-0.25, -0.2) is 0 Å². The monoisotopic (exact) mass is 389 g/mol. The van der Waals surface area contributed by atoms with Gasteiger partial charge in [-0.05, 0) is 36.1 Å². The number of amides is 1. The van der Waals surface area contributed by atoms with E-state index in [0.29, 0.717) is 5.56 Å². The molecule has 0 spiro atoms. The number of aliphatic hydroxyl groups is 2.